The summed E-state index contributed by atoms with van der Waals surface area (Å²) in [5.74, 6) is -0.914. The smallest absolute Gasteiger partial charge is 0.407 e. The second-order valence-electron chi connectivity index (χ2n) is 4.86. The van der Waals surface area contributed by atoms with Gasteiger partial charge in [-0.25, -0.2) is 4.79 Å². The number of hydrogen-bond acceptors (Lipinski definition) is 5. The number of carbonyl (C=O) groups is 1. The van der Waals surface area contributed by atoms with Crippen LogP contribution in [0.1, 0.15) is 22.0 Å². The van der Waals surface area contributed by atoms with Gasteiger partial charge in [0.05, 0.1) is 17.2 Å². The third-order valence-electron chi connectivity index (χ3n) is 3.45. The van der Waals surface area contributed by atoms with Gasteiger partial charge in [-0.1, -0.05) is 6.07 Å². The molecule has 1 atom stereocenters. The standard InChI is InChI=1S/C15H14N2O4S/c1-17-11-4-2-3-10(13(11)21-15(17)20)14(19)16-7-12(18)9-5-6-22-8-9/h2-6,8,12,18H,7H2,1H3,(H,16,19). The molecule has 3 rings (SSSR count). The van der Waals surface area contributed by atoms with E-state index < -0.39 is 17.8 Å². The zero-order valence-corrected chi connectivity index (χ0v) is 12.6. The molecule has 7 heteroatoms. The molecule has 114 valence electrons. The summed E-state index contributed by atoms with van der Waals surface area (Å²) >= 11 is 1.48. The molecule has 0 radical (unpaired) electrons. The number of aromatic nitrogens is 1. The summed E-state index contributed by atoms with van der Waals surface area (Å²) < 4.78 is 6.46. The predicted molar refractivity (Wildman–Crippen MR) is 83.1 cm³/mol. The molecule has 0 saturated carbocycles. The minimum absolute atomic E-state index is 0.0863. The second-order valence-corrected chi connectivity index (χ2v) is 5.64. The molecule has 1 amide bonds. The quantitative estimate of drug-likeness (QED) is 0.766. The number of carbonyl (C=O) groups excluding carboxylic acids is 1. The van der Waals surface area contributed by atoms with Gasteiger partial charge in [-0.15, -0.1) is 0 Å². The molecule has 0 bridgehead atoms. The Balaban J connectivity index is 1.81. The van der Waals surface area contributed by atoms with Gasteiger partial charge in [0.1, 0.15) is 0 Å². The van der Waals surface area contributed by atoms with Crippen LogP contribution in [0.25, 0.3) is 11.1 Å². The number of nitrogens with one attached hydrogen (secondary N) is 1. The number of hydrogen-bond donors (Lipinski definition) is 2. The van der Waals surface area contributed by atoms with Crippen LogP contribution in [0.15, 0.2) is 44.2 Å². The van der Waals surface area contributed by atoms with Crippen molar-refractivity contribution < 1.29 is 14.3 Å². The Morgan fingerprint density at radius 3 is 3.00 bits per heavy atom. The molecular formula is C15H14N2O4S. The zero-order chi connectivity index (χ0) is 15.7. The van der Waals surface area contributed by atoms with Crippen LogP contribution in [-0.2, 0) is 7.05 Å². The maximum absolute atomic E-state index is 12.3. The highest BCUT2D eigenvalue weighted by atomic mass is 32.1. The Morgan fingerprint density at radius 1 is 1.45 bits per heavy atom. The van der Waals surface area contributed by atoms with Gasteiger partial charge in [0, 0.05) is 13.6 Å². The van der Waals surface area contributed by atoms with Crippen molar-refractivity contribution in [2.75, 3.05) is 6.54 Å². The Hall–Kier alpha value is -2.38. The molecule has 0 spiro atoms. The molecule has 3 aromatic rings. The summed E-state index contributed by atoms with van der Waals surface area (Å²) in [7, 11) is 1.58. The van der Waals surface area contributed by atoms with Crippen molar-refractivity contribution in [2.24, 2.45) is 7.05 Å². The van der Waals surface area contributed by atoms with E-state index in [-0.39, 0.29) is 17.7 Å². The van der Waals surface area contributed by atoms with Gasteiger partial charge < -0.3 is 14.8 Å². The predicted octanol–water partition coefficient (Wildman–Crippen LogP) is 1.66. The SMILES string of the molecule is Cn1c(=O)oc2c(C(=O)NCC(O)c3ccsc3)cccc21. The van der Waals surface area contributed by atoms with E-state index in [4.69, 9.17) is 4.42 Å². The summed E-state index contributed by atoms with van der Waals surface area (Å²) in [5, 5.41) is 16.3. The van der Waals surface area contributed by atoms with Crippen LogP contribution in [0, 0.1) is 0 Å². The van der Waals surface area contributed by atoms with Gasteiger partial charge in [0.2, 0.25) is 0 Å². The largest absolute Gasteiger partial charge is 0.419 e. The van der Waals surface area contributed by atoms with E-state index in [1.54, 1.807) is 31.3 Å². The van der Waals surface area contributed by atoms with Crippen LogP contribution in [0.5, 0.6) is 0 Å². The first-order valence-electron chi connectivity index (χ1n) is 6.65. The van der Waals surface area contributed by atoms with Crippen LogP contribution in [0.2, 0.25) is 0 Å². The molecule has 2 heterocycles. The van der Waals surface area contributed by atoms with E-state index in [0.717, 1.165) is 5.56 Å². The molecule has 0 aliphatic rings. The first-order chi connectivity index (χ1) is 10.6. The first kappa shape index (κ1) is 14.6. The van der Waals surface area contributed by atoms with Crippen LogP contribution in [0.3, 0.4) is 0 Å². The molecule has 0 fully saturated rings. The Bertz CT molecular complexity index is 863. The number of aliphatic hydroxyl groups is 1. The van der Waals surface area contributed by atoms with Crippen LogP contribution in [-0.4, -0.2) is 22.1 Å². The van der Waals surface area contributed by atoms with Gasteiger partial charge in [0.15, 0.2) is 5.58 Å². The fourth-order valence-corrected chi connectivity index (χ4v) is 2.90. The zero-order valence-electron chi connectivity index (χ0n) is 11.8. The summed E-state index contributed by atoms with van der Waals surface area (Å²) in [4.78, 5) is 23.8. The lowest BCUT2D eigenvalue weighted by molar-refractivity contribution is 0.0917. The molecule has 0 aliphatic heterocycles. The monoisotopic (exact) mass is 318 g/mol. The fourth-order valence-electron chi connectivity index (χ4n) is 2.20. The second kappa shape index (κ2) is 5.78. The minimum atomic E-state index is -0.766. The lowest BCUT2D eigenvalue weighted by atomic mass is 10.1. The highest BCUT2D eigenvalue weighted by Crippen LogP contribution is 2.18. The van der Waals surface area contributed by atoms with Crippen molar-refractivity contribution in [2.45, 2.75) is 6.10 Å². The van der Waals surface area contributed by atoms with Gasteiger partial charge in [-0.3, -0.25) is 9.36 Å². The maximum atomic E-state index is 12.3. The third-order valence-corrected chi connectivity index (χ3v) is 4.15. The maximum Gasteiger partial charge on any atom is 0.419 e. The molecule has 1 unspecified atom stereocenters. The lowest BCUT2D eigenvalue weighted by Gasteiger charge is -2.10. The van der Waals surface area contributed by atoms with Gasteiger partial charge >= 0.3 is 5.76 Å². The van der Waals surface area contributed by atoms with Crippen LogP contribution in [0.4, 0.5) is 0 Å². The minimum Gasteiger partial charge on any atom is -0.407 e. The first-order valence-corrected chi connectivity index (χ1v) is 7.59. The molecule has 0 saturated heterocycles. The van der Waals surface area contributed by atoms with Gasteiger partial charge in [-0.05, 0) is 34.5 Å². The Morgan fingerprint density at radius 2 is 2.27 bits per heavy atom. The Labute approximate surface area is 129 Å². The molecule has 0 aliphatic carbocycles. The Kier molecular flexibility index (Phi) is 3.82. The number of aliphatic hydroxyl groups excluding tert-OH is 1. The van der Waals surface area contributed by atoms with Crippen LogP contribution >= 0.6 is 11.3 Å². The van der Waals surface area contributed by atoms with Crippen molar-refractivity contribution in [3.05, 3.63) is 56.7 Å². The van der Waals surface area contributed by atoms with Crippen molar-refractivity contribution in [3.8, 4) is 0 Å². The topological polar surface area (TPSA) is 84.5 Å². The molecule has 2 aromatic heterocycles. The number of amides is 1. The van der Waals surface area contributed by atoms with E-state index >= 15 is 0 Å². The molecule has 1 aromatic carbocycles. The summed E-state index contributed by atoms with van der Waals surface area (Å²) in [6.07, 6.45) is -0.766. The number of para-hydroxylation sites is 1. The van der Waals surface area contributed by atoms with E-state index in [1.807, 2.05) is 10.8 Å². The number of aryl methyl sites for hydroxylation is 1. The molecular weight excluding hydrogens is 304 g/mol. The number of fused-ring (bicyclic) bond motifs is 1. The van der Waals surface area contributed by atoms with Crippen molar-refractivity contribution in [1.29, 1.82) is 0 Å². The number of nitrogens with zero attached hydrogens (tertiary/aromatic N) is 1. The summed E-state index contributed by atoms with van der Waals surface area (Å²) in [6.45, 7) is 0.0863. The number of thiophene rings is 1. The van der Waals surface area contributed by atoms with E-state index in [2.05, 4.69) is 5.32 Å². The third kappa shape index (κ3) is 2.56. The van der Waals surface area contributed by atoms with Gasteiger partial charge in [0.25, 0.3) is 5.91 Å². The fraction of sp³-hybridized carbons (Fsp3) is 0.200. The van der Waals surface area contributed by atoms with Crippen molar-refractivity contribution in [1.82, 2.24) is 9.88 Å². The van der Waals surface area contributed by atoms with Crippen molar-refractivity contribution in [3.63, 3.8) is 0 Å². The van der Waals surface area contributed by atoms with E-state index in [0.29, 0.717) is 5.52 Å². The number of benzene rings is 1. The van der Waals surface area contributed by atoms with E-state index in [1.165, 1.54) is 15.9 Å². The average Bonchev–Trinajstić information content (AvgIpc) is 3.14. The van der Waals surface area contributed by atoms with Crippen LogP contribution < -0.4 is 11.1 Å². The summed E-state index contributed by atoms with van der Waals surface area (Å²) in [6, 6.07) is 6.77. The van der Waals surface area contributed by atoms with Crippen molar-refractivity contribution >= 4 is 28.3 Å². The lowest BCUT2D eigenvalue weighted by Crippen LogP contribution is -2.28. The molecule has 22 heavy (non-hydrogen) atoms. The average molecular weight is 318 g/mol. The van der Waals surface area contributed by atoms with E-state index in [9.17, 15) is 14.7 Å². The highest BCUT2D eigenvalue weighted by Gasteiger charge is 2.17. The van der Waals surface area contributed by atoms with Gasteiger partial charge in [-0.2, -0.15) is 11.3 Å². The number of rotatable bonds is 4. The normalized spacial score (nSPS) is 12.5. The highest BCUT2D eigenvalue weighted by molar-refractivity contribution is 7.07. The summed E-state index contributed by atoms with van der Waals surface area (Å²) in [5.41, 5.74) is 1.83. The molecule has 2 N–H and O–H groups in total. The number of oxazole rings is 1. The molecule has 6 nitrogen and oxygen atoms in total.